The number of aromatic nitrogens is 2. The molecule has 6 nitrogen and oxygen atoms in total. The van der Waals surface area contributed by atoms with Crippen LogP contribution in [0.1, 0.15) is 11.1 Å². The van der Waals surface area contributed by atoms with Gasteiger partial charge in [0.15, 0.2) is 0 Å². The molecule has 7 heteroatoms. The molecule has 0 unspecified atom stereocenters. The van der Waals surface area contributed by atoms with Crippen LogP contribution in [-0.2, 0) is 6.54 Å². The minimum absolute atomic E-state index is 0.519. The van der Waals surface area contributed by atoms with Crippen molar-refractivity contribution < 1.29 is 0 Å². The number of piperazine rings is 1. The molecule has 0 atom stereocenters. The maximum atomic E-state index is 8.80. The Morgan fingerprint density at radius 2 is 1.86 bits per heavy atom. The molecule has 1 fully saturated rings. The summed E-state index contributed by atoms with van der Waals surface area (Å²) in [6.07, 6.45) is 0. The fraction of sp³-hybridized carbons (Fsp3) is 0.357. The first kappa shape index (κ1) is 13.8. The maximum Gasteiger partial charge on any atom is 0.210 e. The summed E-state index contributed by atoms with van der Waals surface area (Å²) in [6.45, 7) is 4.76. The van der Waals surface area contributed by atoms with Gasteiger partial charge in [-0.1, -0.05) is 23.5 Å². The third kappa shape index (κ3) is 3.29. The van der Waals surface area contributed by atoms with Crippen LogP contribution in [0.4, 0.5) is 10.3 Å². The number of hydrogen-bond donors (Lipinski definition) is 1. The van der Waals surface area contributed by atoms with E-state index in [0.717, 1.165) is 37.9 Å². The summed E-state index contributed by atoms with van der Waals surface area (Å²) < 4.78 is 0. The van der Waals surface area contributed by atoms with Gasteiger partial charge in [-0.15, -0.1) is 10.2 Å². The van der Waals surface area contributed by atoms with Gasteiger partial charge in [0.1, 0.15) is 0 Å². The Hall–Kier alpha value is -2.17. The number of anilines is 2. The van der Waals surface area contributed by atoms with Crippen molar-refractivity contribution in [3.05, 3.63) is 35.4 Å². The van der Waals surface area contributed by atoms with Crippen LogP contribution in [0.3, 0.4) is 0 Å². The van der Waals surface area contributed by atoms with E-state index in [1.54, 1.807) is 0 Å². The van der Waals surface area contributed by atoms with E-state index in [-0.39, 0.29) is 0 Å². The number of rotatable bonds is 3. The van der Waals surface area contributed by atoms with Crippen LogP contribution in [0, 0.1) is 11.3 Å². The van der Waals surface area contributed by atoms with Crippen LogP contribution in [0.15, 0.2) is 24.3 Å². The molecular formula is C14H16N6S. The second-order valence-electron chi connectivity index (χ2n) is 4.99. The molecule has 0 spiro atoms. The third-order valence-corrected chi connectivity index (χ3v) is 4.38. The maximum absolute atomic E-state index is 8.80. The average molecular weight is 300 g/mol. The first-order chi connectivity index (χ1) is 10.2. The van der Waals surface area contributed by atoms with Crippen molar-refractivity contribution in [2.24, 2.45) is 0 Å². The van der Waals surface area contributed by atoms with Crippen molar-refractivity contribution in [3.8, 4) is 6.07 Å². The highest BCUT2D eigenvalue weighted by Gasteiger charge is 2.19. The zero-order chi connectivity index (χ0) is 14.7. The Morgan fingerprint density at radius 3 is 2.43 bits per heavy atom. The molecule has 0 bridgehead atoms. The van der Waals surface area contributed by atoms with Gasteiger partial charge in [-0.2, -0.15) is 5.26 Å². The van der Waals surface area contributed by atoms with E-state index in [0.29, 0.717) is 10.7 Å². The molecule has 0 radical (unpaired) electrons. The highest BCUT2D eigenvalue weighted by molar-refractivity contribution is 7.18. The summed E-state index contributed by atoms with van der Waals surface area (Å²) in [5, 5.41) is 18.2. The number of nitriles is 1. The molecule has 2 heterocycles. The smallest absolute Gasteiger partial charge is 0.210 e. The van der Waals surface area contributed by atoms with E-state index in [1.807, 2.05) is 24.3 Å². The number of nitrogens with zero attached hydrogens (tertiary/aromatic N) is 5. The van der Waals surface area contributed by atoms with Crippen molar-refractivity contribution in [1.82, 2.24) is 15.1 Å². The molecule has 0 amide bonds. The van der Waals surface area contributed by atoms with Crippen molar-refractivity contribution in [1.29, 1.82) is 5.26 Å². The number of hydrogen-bond acceptors (Lipinski definition) is 7. The summed E-state index contributed by atoms with van der Waals surface area (Å²) in [7, 11) is 0. The fourth-order valence-corrected chi connectivity index (χ4v) is 3.06. The predicted molar refractivity (Wildman–Crippen MR) is 83.0 cm³/mol. The van der Waals surface area contributed by atoms with Gasteiger partial charge < -0.3 is 10.6 Å². The molecule has 1 saturated heterocycles. The molecule has 21 heavy (non-hydrogen) atoms. The van der Waals surface area contributed by atoms with Crippen molar-refractivity contribution in [3.63, 3.8) is 0 Å². The van der Waals surface area contributed by atoms with Crippen molar-refractivity contribution in [2.45, 2.75) is 6.54 Å². The van der Waals surface area contributed by atoms with Crippen LogP contribution in [-0.4, -0.2) is 41.3 Å². The highest BCUT2D eigenvalue weighted by Crippen LogP contribution is 2.23. The number of nitrogens with two attached hydrogens (primary N) is 1. The van der Waals surface area contributed by atoms with Gasteiger partial charge in [0.2, 0.25) is 10.3 Å². The SMILES string of the molecule is N#Cc1ccc(CN2CCN(c3nnc(N)s3)CC2)cc1. The Labute approximate surface area is 127 Å². The number of benzene rings is 1. The standard InChI is InChI=1S/C14H16N6S/c15-9-11-1-3-12(4-2-11)10-19-5-7-20(8-6-19)14-18-17-13(16)21-14/h1-4H,5-8,10H2,(H2,16,17). The van der Waals surface area contributed by atoms with Gasteiger partial charge in [-0.3, -0.25) is 4.90 Å². The second kappa shape index (κ2) is 6.08. The second-order valence-corrected chi connectivity index (χ2v) is 5.98. The lowest BCUT2D eigenvalue weighted by Gasteiger charge is -2.34. The van der Waals surface area contributed by atoms with Gasteiger partial charge in [0, 0.05) is 32.7 Å². The Balaban J connectivity index is 1.54. The fourth-order valence-electron chi connectivity index (χ4n) is 2.39. The van der Waals surface area contributed by atoms with Crippen LogP contribution < -0.4 is 10.6 Å². The molecular weight excluding hydrogens is 284 g/mol. The first-order valence-electron chi connectivity index (χ1n) is 6.80. The molecule has 0 aliphatic carbocycles. The van der Waals surface area contributed by atoms with Crippen LogP contribution in [0.5, 0.6) is 0 Å². The highest BCUT2D eigenvalue weighted by atomic mass is 32.1. The summed E-state index contributed by atoms with van der Waals surface area (Å²) in [5.41, 5.74) is 7.57. The van der Waals surface area contributed by atoms with Gasteiger partial charge in [0.05, 0.1) is 11.6 Å². The average Bonchev–Trinajstić information content (AvgIpc) is 2.95. The van der Waals surface area contributed by atoms with Crippen LogP contribution >= 0.6 is 11.3 Å². The molecule has 1 aromatic heterocycles. The predicted octanol–water partition coefficient (Wildman–Crippen LogP) is 1.31. The lowest BCUT2D eigenvalue weighted by molar-refractivity contribution is 0.249. The van der Waals surface area contributed by atoms with Gasteiger partial charge in [-0.25, -0.2) is 0 Å². The molecule has 1 aliphatic rings. The van der Waals surface area contributed by atoms with E-state index < -0.39 is 0 Å². The quantitative estimate of drug-likeness (QED) is 0.920. The monoisotopic (exact) mass is 300 g/mol. The molecule has 108 valence electrons. The van der Waals surface area contributed by atoms with Crippen molar-refractivity contribution in [2.75, 3.05) is 36.8 Å². The molecule has 2 aromatic rings. The van der Waals surface area contributed by atoms with Crippen LogP contribution in [0.2, 0.25) is 0 Å². The van der Waals surface area contributed by atoms with E-state index in [4.69, 9.17) is 11.0 Å². The molecule has 1 aromatic carbocycles. The zero-order valence-corrected chi connectivity index (χ0v) is 12.4. The Kier molecular flexibility index (Phi) is 3.99. The van der Waals surface area contributed by atoms with Crippen molar-refractivity contribution >= 4 is 21.6 Å². The summed E-state index contributed by atoms with van der Waals surface area (Å²) in [6, 6.07) is 9.93. The summed E-state index contributed by atoms with van der Waals surface area (Å²) in [5.74, 6) is 0. The van der Waals surface area contributed by atoms with Gasteiger partial charge in [-0.05, 0) is 17.7 Å². The Bertz CT molecular complexity index is 636. The molecule has 2 N–H and O–H groups in total. The topological polar surface area (TPSA) is 82.1 Å². The van der Waals surface area contributed by atoms with E-state index in [2.05, 4.69) is 26.1 Å². The minimum atomic E-state index is 0.519. The van der Waals surface area contributed by atoms with E-state index in [9.17, 15) is 0 Å². The van der Waals surface area contributed by atoms with Gasteiger partial charge >= 0.3 is 0 Å². The molecule has 0 saturated carbocycles. The zero-order valence-electron chi connectivity index (χ0n) is 11.6. The minimum Gasteiger partial charge on any atom is -0.374 e. The Morgan fingerprint density at radius 1 is 1.14 bits per heavy atom. The van der Waals surface area contributed by atoms with Gasteiger partial charge in [0.25, 0.3) is 0 Å². The molecule has 3 rings (SSSR count). The van der Waals surface area contributed by atoms with E-state index in [1.165, 1.54) is 16.9 Å². The summed E-state index contributed by atoms with van der Waals surface area (Å²) in [4.78, 5) is 4.63. The lowest BCUT2D eigenvalue weighted by atomic mass is 10.1. The number of nitrogen functional groups attached to an aromatic ring is 1. The normalized spacial score (nSPS) is 15.9. The first-order valence-corrected chi connectivity index (χ1v) is 7.61. The largest absolute Gasteiger partial charge is 0.374 e. The molecule has 1 aliphatic heterocycles. The van der Waals surface area contributed by atoms with E-state index >= 15 is 0 Å². The lowest BCUT2D eigenvalue weighted by Crippen LogP contribution is -2.45. The summed E-state index contributed by atoms with van der Waals surface area (Å²) >= 11 is 1.44. The third-order valence-electron chi connectivity index (χ3n) is 3.56. The van der Waals surface area contributed by atoms with Crippen LogP contribution in [0.25, 0.3) is 0 Å².